The van der Waals surface area contributed by atoms with Gasteiger partial charge in [0.25, 0.3) is 0 Å². The zero-order chi connectivity index (χ0) is 24.2. The van der Waals surface area contributed by atoms with Crippen molar-refractivity contribution in [2.75, 3.05) is 0 Å². The summed E-state index contributed by atoms with van der Waals surface area (Å²) in [6.45, 7) is 16.9. The SMILES string of the molecule is CC1=CC[C@]2(C(=O)O)CC[C@]3(C)[C@H](CCC4[C@@]5(C)CC[C@H](O)C(C)(C)C5CC[C@]43C)[C@H]2[C@@H]1C. The van der Waals surface area contributed by atoms with Gasteiger partial charge in [-0.1, -0.05) is 53.2 Å². The minimum absolute atomic E-state index is 0.0170. The first-order valence-electron chi connectivity index (χ1n) is 13.8. The van der Waals surface area contributed by atoms with E-state index in [0.29, 0.717) is 23.7 Å². The van der Waals surface area contributed by atoms with Crippen LogP contribution in [0.2, 0.25) is 0 Å². The summed E-state index contributed by atoms with van der Waals surface area (Å²) in [7, 11) is 0. The largest absolute Gasteiger partial charge is 0.481 e. The van der Waals surface area contributed by atoms with E-state index in [2.05, 4.69) is 54.5 Å². The van der Waals surface area contributed by atoms with Crippen molar-refractivity contribution in [1.29, 1.82) is 0 Å². The number of carbonyl (C=O) groups is 1. The van der Waals surface area contributed by atoms with Crippen molar-refractivity contribution in [1.82, 2.24) is 0 Å². The summed E-state index contributed by atoms with van der Waals surface area (Å²) in [5.41, 5.74) is 1.55. The zero-order valence-corrected chi connectivity index (χ0v) is 22.2. The molecule has 0 aromatic heterocycles. The van der Waals surface area contributed by atoms with Gasteiger partial charge in [0.1, 0.15) is 0 Å². The second-order valence-corrected chi connectivity index (χ2v) is 14.5. The number of hydrogen-bond acceptors (Lipinski definition) is 2. The number of fused-ring (bicyclic) bond motifs is 7. The lowest BCUT2D eigenvalue weighted by atomic mass is 9.31. The zero-order valence-electron chi connectivity index (χ0n) is 22.2. The number of aliphatic carboxylic acids is 1. The summed E-state index contributed by atoms with van der Waals surface area (Å²) in [4.78, 5) is 12.8. The van der Waals surface area contributed by atoms with Gasteiger partial charge < -0.3 is 10.2 Å². The third-order valence-corrected chi connectivity index (χ3v) is 13.5. The van der Waals surface area contributed by atoms with Crippen LogP contribution in [0.25, 0.3) is 0 Å². The third kappa shape index (κ3) is 2.75. The van der Waals surface area contributed by atoms with Gasteiger partial charge in [-0.2, -0.15) is 0 Å². The Bertz CT molecular complexity index is 874. The molecule has 10 atom stereocenters. The Balaban J connectivity index is 1.57. The maximum atomic E-state index is 12.8. The van der Waals surface area contributed by atoms with Crippen LogP contribution in [0.3, 0.4) is 0 Å². The Labute approximate surface area is 201 Å². The summed E-state index contributed by atoms with van der Waals surface area (Å²) >= 11 is 0. The molecule has 0 amide bonds. The summed E-state index contributed by atoms with van der Waals surface area (Å²) in [6, 6.07) is 0. The molecule has 5 aliphatic carbocycles. The second-order valence-electron chi connectivity index (χ2n) is 14.5. The normalized spacial score (nSPS) is 55.3. The summed E-state index contributed by atoms with van der Waals surface area (Å²) in [5, 5.41) is 21.4. The molecule has 0 aliphatic heterocycles. The molecule has 5 rings (SSSR count). The molecule has 0 radical (unpaired) electrons. The summed E-state index contributed by atoms with van der Waals surface area (Å²) in [5.74, 6) is 1.81. The lowest BCUT2D eigenvalue weighted by Gasteiger charge is -2.73. The van der Waals surface area contributed by atoms with Crippen molar-refractivity contribution in [3.8, 4) is 0 Å². The fraction of sp³-hybridized carbons (Fsp3) is 0.900. The molecule has 186 valence electrons. The molecule has 0 bridgehead atoms. The van der Waals surface area contributed by atoms with Gasteiger partial charge in [0.15, 0.2) is 0 Å². The smallest absolute Gasteiger partial charge is 0.310 e. The fourth-order valence-electron chi connectivity index (χ4n) is 11.3. The molecule has 33 heavy (non-hydrogen) atoms. The van der Waals surface area contributed by atoms with E-state index in [9.17, 15) is 15.0 Å². The van der Waals surface area contributed by atoms with E-state index >= 15 is 0 Å². The fourth-order valence-corrected chi connectivity index (χ4v) is 11.3. The Morgan fingerprint density at radius 2 is 1.61 bits per heavy atom. The van der Waals surface area contributed by atoms with Gasteiger partial charge >= 0.3 is 5.97 Å². The first-order chi connectivity index (χ1) is 15.3. The number of aliphatic hydroxyl groups is 1. The average molecular weight is 457 g/mol. The van der Waals surface area contributed by atoms with Gasteiger partial charge in [-0.15, -0.1) is 0 Å². The number of aliphatic hydroxyl groups excluding tert-OH is 1. The number of rotatable bonds is 1. The monoisotopic (exact) mass is 456 g/mol. The molecule has 0 saturated heterocycles. The predicted molar refractivity (Wildman–Crippen MR) is 133 cm³/mol. The van der Waals surface area contributed by atoms with Crippen LogP contribution in [0.4, 0.5) is 0 Å². The number of allylic oxidation sites excluding steroid dienone is 2. The van der Waals surface area contributed by atoms with Crippen LogP contribution in [-0.2, 0) is 4.79 Å². The molecule has 4 fully saturated rings. The highest BCUT2D eigenvalue weighted by Crippen LogP contribution is 2.76. The van der Waals surface area contributed by atoms with Crippen molar-refractivity contribution < 1.29 is 15.0 Å². The Morgan fingerprint density at radius 3 is 2.27 bits per heavy atom. The van der Waals surface area contributed by atoms with E-state index in [4.69, 9.17) is 0 Å². The summed E-state index contributed by atoms with van der Waals surface area (Å²) in [6.07, 6.45) is 11.6. The molecule has 3 nitrogen and oxygen atoms in total. The van der Waals surface area contributed by atoms with Crippen molar-refractivity contribution in [3.05, 3.63) is 11.6 Å². The Morgan fingerprint density at radius 1 is 0.909 bits per heavy atom. The van der Waals surface area contributed by atoms with E-state index in [-0.39, 0.29) is 33.7 Å². The molecule has 2 unspecified atom stereocenters. The van der Waals surface area contributed by atoms with Crippen LogP contribution >= 0.6 is 0 Å². The highest BCUT2D eigenvalue weighted by molar-refractivity contribution is 5.76. The number of carboxylic acids is 1. The topological polar surface area (TPSA) is 57.5 Å². The molecule has 2 N–H and O–H groups in total. The van der Waals surface area contributed by atoms with E-state index in [0.717, 1.165) is 32.1 Å². The van der Waals surface area contributed by atoms with Crippen molar-refractivity contribution in [2.45, 2.75) is 112 Å². The van der Waals surface area contributed by atoms with Crippen LogP contribution in [0, 0.1) is 56.7 Å². The highest BCUT2D eigenvalue weighted by atomic mass is 16.4. The molecule has 3 heteroatoms. The van der Waals surface area contributed by atoms with Crippen LogP contribution < -0.4 is 0 Å². The lowest BCUT2D eigenvalue weighted by Crippen LogP contribution is -2.67. The van der Waals surface area contributed by atoms with Gasteiger partial charge in [0.2, 0.25) is 0 Å². The lowest BCUT2D eigenvalue weighted by molar-refractivity contribution is -0.252. The van der Waals surface area contributed by atoms with Crippen LogP contribution in [0.5, 0.6) is 0 Å². The van der Waals surface area contributed by atoms with Crippen LogP contribution in [0.15, 0.2) is 11.6 Å². The van der Waals surface area contributed by atoms with Crippen LogP contribution in [-0.4, -0.2) is 22.3 Å². The molecule has 4 saturated carbocycles. The number of carboxylic acid groups (broad SMARTS) is 1. The molecular weight excluding hydrogens is 408 g/mol. The summed E-state index contributed by atoms with van der Waals surface area (Å²) < 4.78 is 0. The van der Waals surface area contributed by atoms with Gasteiger partial charge in [0, 0.05) is 0 Å². The molecule has 0 aromatic carbocycles. The molecular formula is C30H48O3. The Hall–Kier alpha value is -0.830. The van der Waals surface area contributed by atoms with Crippen molar-refractivity contribution in [2.24, 2.45) is 56.7 Å². The van der Waals surface area contributed by atoms with E-state index in [1.54, 1.807) is 0 Å². The first-order valence-corrected chi connectivity index (χ1v) is 13.8. The van der Waals surface area contributed by atoms with E-state index in [1.807, 2.05) is 0 Å². The van der Waals surface area contributed by atoms with Crippen LogP contribution in [0.1, 0.15) is 106 Å². The van der Waals surface area contributed by atoms with Gasteiger partial charge in [0.05, 0.1) is 11.5 Å². The molecule has 5 aliphatic rings. The standard InChI is InChI=1S/C30H48O3/c1-18-10-15-30(25(32)33)17-16-28(6)20(24(30)19(18)2)8-9-22-27(5)13-12-23(31)26(3,4)21(27)11-14-29(22,28)7/h10,19-24,31H,8-9,11-17H2,1-7H3,(H,32,33)/t19-,20-,21?,22?,23+,24-,27+,28-,29-,30+/m1/s1. The van der Waals surface area contributed by atoms with E-state index < -0.39 is 11.4 Å². The number of hydrogen-bond donors (Lipinski definition) is 2. The second kappa shape index (κ2) is 7.11. The minimum atomic E-state index is -0.565. The predicted octanol–water partition coefficient (Wildman–Crippen LogP) is 7.09. The minimum Gasteiger partial charge on any atom is -0.481 e. The van der Waals surface area contributed by atoms with Crippen molar-refractivity contribution >= 4 is 5.97 Å². The van der Waals surface area contributed by atoms with E-state index in [1.165, 1.54) is 31.3 Å². The quantitative estimate of drug-likeness (QED) is 0.414. The van der Waals surface area contributed by atoms with Crippen molar-refractivity contribution in [3.63, 3.8) is 0 Å². The molecule has 0 spiro atoms. The first kappa shape index (κ1) is 23.9. The highest BCUT2D eigenvalue weighted by Gasteiger charge is 2.71. The Kier molecular flexibility index (Phi) is 5.15. The third-order valence-electron chi connectivity index (χ3n) is 13.5. The molecule has 0 aromatic rings. The average Bonchev–Trinajstić information content (AvgIpc) is 2.74. The van der Waals surface area contributed by atoms with Gasteiger partial charge in [-0.3, -0.25) is 4.79 Å². The maximum Gasteiger partial charge on any atom is 0.310 e. The van der Waals surface area contributed by atoms with Gasteiger partial charge in [-0.25, -0.2) is 0 Å². The van der Waals surface area contributed by atoms with Gasteiger partial charge in [-0.05, 0) is 116 Å². The maximum absolute atomic E-state index is 12.8. The molecule has 0 heterocycles.